The quantitative estimate of drug-likeness (QED) is 0.854. The van der Waals surface area contributed by atoms with Crippen LogP contribution in [0.1, 0.15) is 52.9 Å². The zero-order valence-corrected chi connectivity index (χ0v) is 13.3. The Hall–Kier alpha value is -0.930. The van der Waals surface area contributed by atoms with E-state index in [-0.39, 0.29) is 5.54 Å². The van der Waals surface area contributed by atoms with Crippen molar-refractivity contribution in [3.05, 3.63) is 29.6 Å². The summed E-state index contributed by atoms with van der Waals surface area (Å²) in [6.45, 7) is 16.0. The topological polar surface area (TPSA) is 28.2 Å². The van der Waals surface area contributed by atoms with E-state index in [0.717, 1.165) is 31.0 Å². The van der Waals surface area contributed by atoms with Crippen molar-refractivity contribution in [1.29, 1.82) is 0 Å². The fraction of sp³-hybridized carbons (Fsp3) is 0.688. The largest absolute Gasteiger partial charge is 0.306 e. The monoisotopic (exact) mass is 263 g/mol. The van der Waals surface area contributed by atoms with Gasteiger partial charge in [0.1, 0.15) is 0 Å². The Morgan fingerprint density at radius 1 is 1.21 bits per heavy atom. The van der Waals surface area contributed by atoms with E-state index in [9.17, 15) is 0 Å². The Balaban J connectivity index is 2.66. The maximum atomic E-state index is 4.74. The van der Waals surface area contributed by atoms with Crippen LogP contribution in [0.3, 0.4) is 0 Å². The van der Waals surface area contributed by atoms with Crippen molar-refractivity contribution in [3.8, 4) is 0 Å². The van der Waals surface area contributed by atoms with E-state index in [1.165, 1.54) is 0 Å². The molecule has 0 saturated heterocycles. The Morgan fingerprint density at radius 3 is 2.37 bits per heavy atom. The van der Waals surface area contributed by atoms with Crippen molar-refractivity contribution in [2.75, 3.05) is 6.54 Å². The fourth-order valence-electron chi connectivity index (χ4n) is 1.94. The van der Waals surface area contributed by atoms with Gasteiger partial charge in [0.05, 0.1) is 11.4 Å². The van der Waals surface area contributed by atoms with Crippen molar-refractivity contribution in [2.45, 2.75) is 66.2 Å². The van der Waals surface area contributed by atoms with Crippen molar-refractivity contribution in [3.63, 3.8) is 0 Å². The summed E-state index contributed by atoms with van der Waals surface area (Å²) >= 11 is 0. The molecule has 3 heteroatoms. The van der Waals surface area contributed by atoms with Gasteiger partial charge in [-0.15, -0.1) is 0 Å². The first kappa shape index (κ1) is 16.1. The molecule has 108 valence electrons. The van der Waals surface area contributed by atoms with Crippen LogP contribution in [-0.2, 0) is 13.1 Å². The summed E-state index contributed by atoms with van der Waals surface area (Å²) in [6.07, 6.45) is 0. The third kappa shape index (κ3) is 6.17. The molecule has 0 aliphatic rings. The average molecular weight is 263 g/mol. The molecule has 1 N–H and O–H groups in total. The highest BCUT2D eigenvalue weighted by Crippen LogP contribution is 2.08. The second-order valence-corrected chi connectivity index (χ2v) is 6.38. The second kappa shape index (κ2) is 7.01. The Labute approximate surface area is 118 Å². The van der Waals surface area contributed by atoms with Crippen molar-refractivity contribution in [2.24, 2.45) is 0 Å². The van der Waals surface area contributed by atoms with E-state index in [0.29, 0.717) is 6.04 Å². The molecule has 0 atom stereocenters. The number of rotatable bonds is 6. The first-order valence-electron chi connectivity index (χ1n) is 7.25. The summed E-state index contributed by atoms with van der Waals surface area (Å²) < 4.78 is 0. The van der Waals surface area contributed by atoms with Crippen LogP contribution in [0.25, 0.3) is 0 Å². The zero-order valence-electron chi connectivity index (χ0n) is 13.3. The van der Waals surface area contributed by atoms with Gasteiger partial charge < -0.3 is 5.32 Å². The van der Waals surface area contributed by atoms with Gasteiger partial charge in [-0.25, -0.2) is 0 Å². The van der Waals surface area contributed by atoms with Crippen molar-refractivity contribution < 1.29 is 0 Å². The van der Waals surface area contributed by atoms with Crippen LogP contribution in [-0.4, -0.2) is 28.0 Å². The molecule has 0 spiro atoms. The molecule has 0 fully saturated rings. The highest BCUT2D eigenvalue weighted by Gasteiger charge is 2.11. The van der Waals surface area contributed by atoms with E-state index in [1.54, 1.807) is 0 Å². The number of aromatic nitrogens is 1. The summed E-state index contributed by atoms with van der Waals surface area (Å²) in [6, 6.07) is 6.87. The molecule has 1 aromatic heterocycles. The van der Waals surface area contributed by atoms with Crippen LogP contribution in [0.15, 0.2) is 18.2 Å². The lowest BCUT2D eigenvalue weighted by molar-refractivity contribution is 0.222. The van der Waals surface area contributed by atoms with E-state index in [4.69, 9.17) is 4.98 Å². The van der Waals surface area contributed by atoms with Gasteiger partial charge in [-0.3, -0.25) is 9.88 Å². The minimum Gasteiger partial charge on any atom is -0.306 e. The normalized spacial score (nSPS) is 12.4. The van der Waals surface area contributed by atoms with Crippen molar-refractivity contribution >= 4 is 0 Å². The van der Waals surface area contributed by atoms with Crippen LogP contribution >= 0.6 is 0 Å². The van der Waals surface area contributed by atoms with Crippen LogP contribution in [0, 0.1) is 0 Å². The molecule has 0 aliphatic carbocycles. The fourth-order valence-corrected chi connectivity index (χ4v) is 1.94. The molecule has 0 bridgehead atoms. The lowest BCUT2D eigenvalue weighted by atomic mass is 10.1. The lowest BCUT2D eigenvalue weighted by Crippen LogP contribution is -2.35. The maximum Gasteiger partial charge on any atom is 0.0547 e. The van der Waals surface area contributed by atoms with Crippen LogP contribution in [0.4, 0.5) is 0 Å². The molecule has 1 aromatic rings. The molecule has 0 amide bonds. The lowest BCUT2D eigenvalue weighted by Gasteiger charge is -2.24. The Bertz CT molecular complexity index is 380. The molecule has 3 nitrogen and oxygen atoms in total. The predicted octanol–water partition coefficient (Wildman–Crippen LogP) is 3.20. The van der Waals surface area contributed by atoms with E-state index in [2.05, 4.69) is 70.0 Å². The zero-order chi connectivity index (χ0) is 14.5. The molecule has 1 rings (SSSR count). The summed E-state index contributed by atoms with van der Waals surface area (Å²) in [5.41, 5.74) is 2.40. The number of nitrogens with zero attached hydrogens (tertiary/aromatic N) is 2. The smallest absolute Gasteiger partial charge is 0.0547 e. The maximum absolute atomic E-state index is 4.74. The molecule has 0 radical (unpaired) electrons. The standard InChI is InChI=1S/C16H29N3/c1-7-19(13(2)3)12-15-10-8-9-14(18-15)11-17-16(4,5)6/h8-10,13,17H,7,11-12H2,1-6H3. The van der Waals surface area contributed by atoms with E-state index >= 15 is 0 Å². The molecular formula is C16H29N3. The van der Waals surface area contributed by atoms with Gasteiger partial charge in [0.25, 0.3) is 0 Å². The molecule has 0 aromatic carbocycles. The van der Waals surface area contributed by atoms with E-state index in [1.807, 2.05) is 0 Å². The minimum atomic E-state index is 0.130. The summed E-state index contributed by atoms with van der Waals surface area (Å²) in [7, 11) is 0. The van der Waals surface area contributed by atoms with Gasteiger partial charge in [0.2, 0.25) is 0 Å². The Kier molecular flexibility index (Phi) is 5.95. The SMILES string of the molecule is CCN(Cc1cccc(CNC(C)(C)C)n1)C(C)C. The van der Waals surface area contributed by atoms with Gasteiger partial charge in [0.15, 0.2) is 0 Å². The van der Waals surface area contributed by atoms with Gasteiger partial charge >= 0.3 is 0 Å². The highest BCUT2D eigenvalue weighted by molar-refractivity contribution is 5.11. The molecular weight excluding hydrogens is 234 g/mol. The van der Waals surface area contributed by atoms with Gasteiger partial charge in [0, 0.05) is 24.7 Å². The van der Waals surface area contributed by atoms with Gasteiger partial charge in [-0.05, 0) is 53.3 Å². The van der Waals surface area contributed by atoms with Gasteiger partial charge in [-0.1, -0.05) is 13.0 Å². The van der Waals surface area contributed by atoms with Crippen molar-refractivity contribution in [1.82, 2.24) is 15.2 Å². The second-order valence-electron chi connectivity index (χ2n) is 6.38. The Morgan fingerprint density at radius 2 is 1.84 bits per heavy atom. The van der Waals surface area contributed by atoms with E-state index < -0.39 is 0 Å². The molecule has 0 unspecified atom stereocenters. The summed E-state index contributed by atoms with van der Waals surface area (Å²) in [4.78, 5) is 7.16. The summed E-state index contributed by atoms with van der Waals surface area (Å²) in [5, 5.41) is 3.48. The number of pyridine rings is 1. The number of hydrogen-bond acceptors (Lipinski definition) is 3. The third-order valence-electron chi connectivity index (χ3n) is 3.17. The van der Waals surface area contributed by atoms with Crippen LogP contribution in [0.2, 0.25) is 0 Å². The summed E-state index contributed by atoms with van der Waals surface area (Å²) in [5.74, 6) is 0. The first-order valence-corrected chi connectivity index (χ1v) is 7.25. The van der Waals surface area contributed by atoms with Crippen LogP contribution < -0.4 is 5.32 Å². The highest BCUT2D eigenvalue weighted by atomic mass is 15.1. The predicted molar refractivity (Wildman–Crippen MR) is 82.0 cm³/mol. The first-order chi connectivity index (χ1) is 8.81. The van der Waals surface area contributed by atoms with Gasteiger partial charge in [-0.2, -0.15) is 0 Å². The molecule has 0 aliphatic heterocycles. The molecule has 19 heavy (non-hydrogen) atoms. The third-order valence-corrected chi connectivity index (χ3v) is 3.17. The number of nitrogens with one attached hydrogen (secondary N) is 1. The molecule has 1 heterocycles. The molecule has 0 saturated carbocycles. The average Bonchev–Trinajstić information content (AvgIpc) is 2.33. The van der Waals surface area contributed by atoms with Crippen LogP contribution in [0.5, 0.6) is 0 Å². The number of hydrogen-bond donors (Lipinski definition) is 1. The minimum absolute atomic E-state index is 0.130.